The summed E-state index contributed by atoms with van der Waals surface area (Å²) in [6.07, 6.45) is 3.38. The van der Waals surface area contributed by atoms with Crippen LogP contribution in [0.5, 0.6) is 0 Å². The van der Waals surface area contributed by atoms with E-state index in [2.05, 4.69) is 29.0 Å². The first-order chi connectivity index (χ1) is 10.2. The van der Waals surface area contributed by atoms with Crippen LogP contribution in [0.25, 0.3) is 0 Å². The van der Waals surface area contributed by atoms with E-state index in [1.54, 1.807) is 0 Å². The van der Waals surface area contributed by atoms with Crippen molar-refractivity contribution >= 4 is 18.3 Å². The summed E-state index contributed by atoms with van der Waals surface area (Å²) in [6.45, 7) is 13.3. The number of nitrogens with zero attached hydrogens (tertiary/aromatic N) is 3. The van der Waals surface area contributed by atoms with Crippen molar-refractivity contribution in [1.82, 2.24) is 20.0 Å². The van der Waals surface area contributed by atoms with Crippen molar-refractivity contribution in [2.75, 3.05) is 58.9 Å². The average molecular weight is 333 g/mol. The molecule has 0 aromatic heterocycles. The number of nitrogens with one attached hydrogen (secondary N) is 1. The second-order valence-electron chi connectivity index (χ2n) is 6.34. The monoisotopic (exact) mass is 332 g/mol. The van der Waals surface area contributed by atoms with E-state index in [1.807, 2.05) is 4.90 Å². The van der Waals surface area contributed by atoms with Crippen LogP contribution < -0.4 is 5.32 Å². The maximum Gasteiger partial charge on any atom is 0.236 e. The molecule has 0 bridgehead atoms. The molecule has 2 rings (SSSR count). The van der Waals surface area contributed by atoms with Gasteiger partial charge < -0.3 is 10.2 Å². The lowest BCUT2D eigenvalue weighted by Gasteiger charge is -2.38. The van der Waals surface area contributed by atoms with Gasteiger partial charge in [0.15, 0.2) is 0 Å². The molecule has 22 heavy (non-hydrogen) atoms. The molecule has 1 unspecified atom stereocenters. The number of hydrogen-bond acceptors (Lipinski definition) is 4. The van der Waals surface area contributed by atoms with Crippen molar-refractivity contribution in [2.45, 2.75) is 39.2 Å². The van der Waals surface area contributed by atoms with Crippen molar-refractivity contribution in [3.05, 3.63) is 0 Å². The maximum atomic E-state index is 12.4. The Morgan fingerprint density at radius 3 is 2.27 bits per heavy atom. The predicted octanol–water partition coefficient (Wildman–Crippen LogP) is 1.04. The van der Waals surface area contributed by atoms with Crippen LogP contribution in [-0.4, -0.2) is 85.6 Å². The first-order valence-corrected chi connectivity index (χ1v) is 8.69. The van der Waals surface area contributed by atoms with Crippen LogP contribution in [0.1, 0.15) is 33.1 Å². The van der Waals surface area contributed by atoms with Crippen LogP contribution in [0.3, 0.4) is 0 Å². The zero-order chi connectivity index (χ0) is 15.1. The van der Waals surface area contributed by atoms with E-state index in [1.165, 1.54) is 6.42 Å². The molecule has 0 radical (unpaired) electrons. The minimum Gasteiger partial charge on any atom is -0.342 e. The van der Waals surface area contributed by atoms with Gasteiger partial charge in [0, 0.05) is 51.9 Å². The largest absolute Gasteiger partial charge is 0.342 e. The van der Waals surface area contributed by atoms with Gasteiger partial charge in [-0.25, -0.2) is 0 Å². The predicted molar refractivity (Wildman–Crippen MR) is 93.7 cm³/mol. The maximum absolute atomic E-state index is 12.4. The molecule has 2 saturated heterocycles. The number of carbonyl (C=O) groups is 1. The highest BCUT2D eigenvalue weighted by molar-refractivity contribution is 5.85. The fourth-order valence-electron chi connectivity index (χ4n) is 3.43. The summed E-state index contributed by atoms with van der Waals surface area (Å²) in [6, 6.07) is 0.722. The van der Waals surface area contributed by atoms with Gasteiger partial charge in [-0.05, 0) is 25.8 Å². The standard InChI is InChI=1S/C16H32N4O.ClH/c1-3-7-20(8-4-2)16(21)14-18-9-11-19(12-10-18)15-5-6-17-13-15;/h15,17H,3-14H2,1-2H3;1H. The van der Waals surface area contributed by atoms with Crippen molar-refractivity contribution in [3.8, 4) is 0 Å². The lowest BCUT2D eigenvalue weighted by molar-refractivity contribution is -0.133. The first-order valence-electron chi connectivity index (χ1n) is 8.69. The summed E-state index contributed by atoms with van der Waals surface area (Å²) in [4.78, 5) is 19.4. The van der Waals surface area contributed by atoms with E-state index in [-0.39, 0.29) is 12.4 Å². The molecule has 0 aliphatic carbocycles. The Morgan fingerprint density at radius 1 is 1.14 bits per heavy atom. The van der Waals surface area contributed by atoms with E-state index < -0.39 is 0 Å². The molecule has 1 atom stereocenters. The molecule has 1 N–H and O–H groups in total. The molecule has 1 amide bonds. The molecule has 2 fully saturated rings. The van der Waals surface area contributed by atoms with Gasteiger partial charge in [0.2, 0.25) is 5.91 Å². The van der Waals surface area contributed by atoms with E-state index in [0.29, 0.717) is 12.5 Å². The van der Waals surface area contributed by atoms with Crippen molar-refractivity contribution in [1.29, 1.82) is 0 Å². The summed E-state index contributed by atoms with van der Waals surface area (Å²) in [5.41, 5.74) is 0. The van der Waals surface area contributed by atoms with Crippen LogP contribution >= 0.6 is 12.4 Å². The van der Waals surface area contributed by atoms with E-state index in [9.17, 15) is 4.79 Å². The highest BCUT2D eigenvalue weighted by Crippen LogP contribution is 2.12. The molecule has 2 aliphatic heterocycles. The molecule has 2 heterocycles. The number of piperazine rings is 1. The molecular formula is C16H33ClN4O. The summed E-state index contributed by atoms with van der Waals surface area (Å²) in [5.74, 6) is 0.315. The van der Waals surface area contributed by atoms with Gasteiger partial charge in [0.05, 0.1) is 6.54 Å². The lowest BCUT2D eigenvalue weighted by atomic mass is 10.2. The van der Waals surface area contributed by atoms with Crippen LogP contribution in [0.15, 0.2) is 0 Å². The van der Waals surface area contributed by atoms with Gasteiger partial charge in [-0.15, -0.1) is 12.4 Å². The van der Waals surface area contributed by atoms with Crippen LogP contribution in [-0.2, 0) is 4.79 Å². The molecule has 0 aromatic carbocycles. The number of hydrogen-bond donors (Lipinski definition) is 1. The van der Waals surface area contributed by atoms with Crippen LogP contribution in [0, 0.1) is 0 Å². The van der Waals surface area contributed by atoms with Gasteiger partial charge in [0.25, 0.3) is 0 Å². The third-order valence-corrected chi connectivity index (χ3v) is 4.66. The van der Waals surface area contributed by atoms with Crippen LogP contribution in [0.2, 0.25) is 0 Å². The zero-order valence-corrected chi connectivity index (χ0v) is 15.0. The van der Waals surface area contributed by atoms with E-state index >= 15 is 0 Å². The lowest BCUT2D eigenvalue weighted by Crippen LogP contribution is -2.53. The Balaban J connectivity index is 0.00000242. The third-order valence-electron chi connectivity index (χ3n) is 4.66. The smallest absolute Gasteiger partial charge is 0.236 e. The number of halogens is 1. The average Bonchev–Trinajstić information content (AvgIpc) is 3.02. The zero-order valence-electron chi connectivity index (χ0n) is 14.2. The quantitative estimate of drug-likeness (QED) is 0.756. The van der Waals surface area contributed by atoms with E-state index in [0.717, 1.165) is 71.2 Å². The van der Waals surface area contributed by atoms with E-state index in [4.69, 9.17) is 0 Å². The summed E-state index contributed by atoms with van der Waals surface area (Å²) in [5, 5.41) is 3.44. The number of amides is 1. The van der Waals surface area contributed by atoms with Crippen molar-refractivity contribution in [3.63, 3.8) is 0 Å². The minimum atomic E-state index is 0. The highest BCUT2D eigenvalue weighted by atomic mass is 35.5. The normalized spacial score (nSPS) is 23.3. The molecule has 130 valence electrons. The number of carbonyl (C=O) groups excluding carboxylic acids is 1. The Morgan fingerprint density at radius 2 is 1.77 bits per heavy atom. The second kappa shape index (κ2) is 10.4. The third kappa shape index (κ3) is 5.69. The summed E-state index contributed by atoms with van der Waals surface area (Å²) in [7, 11) is 0. The Labute approximate surface area is 141 Å². The molecule has 6 heteroatoms. The summed E-state index contributed by atoms with van der Waals surface area (Å²) >= 11 is 0. The Bertz CT molecular complexity index is 309. The topological polar surface area (TPSA) is 38.8 Å². The van der Waals surface area contributed by atoms with Crippen molar-refractivity contribution in [2.24, 2.45) is 0 Å². The summed E-state index contributed by atoms with van der Waals surface area (Å²) < 4.78 is 0. The second-order valence-corrected chi connectivity index (χ2v) is 6.34. The fraction of sp³-hybridized carbons (Fsp3) is 0.938. The minimum absolute atomic E-state index is 0. The van der Waals surface area contributed by atoms with Crippen LogP contribution in [0.4, 0.5) is 0 Å². The number of rotatable bonds is 7. The van der Waals surface area contributed by atoms with Gasteiger partial charge in [-0.3, -0.25) is 14.6 Å². The molecular weight excluding hydrogens is 300 g/mol. The highest BCUT2D eigenvalue weighted by Gasteiger charge is 2.27. The van der Waals surface area contributed by atoms with Gasteiger partial charge >= 0.3 is 0 Å². The SMILES string of the molecule is CCCN(CCC)C(=O)CN1CCN(C2CCNC2)CC1.Cl. The molecule has 0 aromatic rings. The first kappa shape index (κ1) is 19.7. The molecule has 5 nitrogen and oxygen atoms in total. The fourth-order valence-corrected chi connectivity index (χ4v) is 3.43. The Kier molecular flexibility index (Phi) is 9.33. The Hall–Kier alpha value is -0.360. The molecule has 0 spiro atoms. The molecule has 2 aliphatic rings. The van der Waals surface area contributed by atoms with Gasteiger partial charge in [-0.1, -0.05) is 13.8 Å². The molecule has 0 saturated carbocycles. The van der Waals surface area contributed by atoms with Gasteiger partial charge in [0.1, 0.15) is 0 Å². The van der Waals surface area contributed by atoms with Crippen molar-refractivity contribution < 1.29 is 4.79 Å². The van der Waals surface area contributed by atoms with Gasteiger partial charge in [-0.2, -0.15) is 0 Å².